The molecule has 0 aromatic rings. The van der Waals surface area contributed by atoms with E-state index in [0.29, 0.717) is 25.9 Å². The van der Waals surface area contributed by atoms with Gasteiger partial charge in [0.2, 0.25) is 5.91 Å². The summed E-state index contributed by atoms with van der Waals surface area (Å²) in [6.07, 6.45) is 84.2. The molecule has 3 N–H and O–H groups in total. The zero-order valence-corrected chi connectivity index (χ0v) is 51.0. The highest BCUT2D eigenvalue weighted by Crippen LogP contribution is 2.18. The van der Waals surface area contributed by atoms with E-state index in [4.69, 9.17) is 4.74 Å². The van der Waals surface area contributed by atoms with Crippen molar-refractivity contribution in [1.82, 2.24) is 5.32 Å². The first-order valence-electron chi connectivity index (χ1n) is 33.9. The van der Waals surface area contributed by atoms with Crippen LogP contribution in [0.1, 0.15) is 361 Å². The van der Waals surface area contributed by atoms with Crippen LogP contribution in [0.25, 0.3) is 0 Å². The number of aliphatic hydroxyl groups is 2. The molecule has 0 radical (unpaired) electrons. The molecular formula is C70H131NO5. The van der Waals surface area contributed by atoms with Crippen LogP contribution in [0.5, 0.6) is 0 Å². The molecule has 0 heterocycles. The van der Waals surface area contributed by atoms with E-state index in [2.05, 4.69) is 67.8 Å². The summed E-state index contributed by atoms with van der Waals surface area (Å²) in [6.45, 7) is 4.94. The number of rotatable bonds is 63. The third kappa shape index (κ3) is 61.0. The number of esters is 1. The standard InChI is InChI=1S/C70H131NO5/c1-3-5-7-9-11-13-15-17-19-20-28-31-35-38-42-46-50-54-58-62-68(73)67(66-72)71-69(74)63-59-55-51-47-43-39-36-32-29-26-24-22-21-23-25-27-30-33-37-41-45-49-53-57-61-65-76-70(75)64-60-56-52-48-44-40-34-18-16-14-12-10-8-6-4-2/h12,14,18,22-25,34,67-68,72-73H,3-11,13,15-17,19-21,26-33,35-66H2,1-2H3,(H,71,74)/b14-12-,24-22-,25-23-,34-18-. The minimum absolute atomic E-state index is 0.00492. The van der Waals surface area contributed by atoms with E-state index in [1.807, 2.05) is 0 Å². The number of amides is 1. The molecule has 0 rings (SSSR count). The summed E-state index contributed by atoms with van der Waals surface area (Å²) in [5.74, 6) is -0.0436. The molecule has 0 saturated carbocycles. The van der Waals surface area contributed by atoms with Crippen LogP contribution in [-0.2, 0) is 14.3 Å². The van der Waals surface area contributed by atoms with Crippen LogP contribution in [0.3, 0.4) is 0 Å². The van der Waals surface area contributed by atoms with Crippen molar-refractivity contribution in [3.63, 3.8) is 0 Å². The number of allylic oxidation sites excluding steroid dienone is 8. The van der Waals surface area contributed by atoms with E-state index in [1.54, 1.807) is 0 Å². The quantitative estimate of drug-likeness (QED) is 0.0320. The van der Waals surface area contributed by atoms with E-state index >= 15 is 0 Å². The van der Waals surface area contributed by atoms with Crippen LogP contribution >= 0.6 is 0 Å². The number of unbranched alkanes of at least 4 members (excludes halogenated alkanes) is 44. The Kier molecular flexibility index (Phi) is 63.5. The fraction of sp³-hybridized carbons (Fsp3) is 0.857. The number of nitrogens with one attached hydrogen (secondary N) is 1. The monoisotopic (exact) mass is 1070 g/mol. The van der Waals surface area contributed by atoms with Crippen LogP contribution < -0.4 is 5.32 Å². The van der Waals surface area contributed by atoms with Gasteiger partial charge in [-0.1, -0.05) is 306 Å². The zero-order valence-electron chi connectivity index (χ0n) is 51.0. The van der Waals surface area contributed by atoms with Crippen LogP contribution in [0.2, 0.25) is 0 Å². The fourth-order valence-corrected chi connectivity index (χ4v) is 10.4. The third-order valence-corrected chi connectivity index (χ3v) is 15.6. The van der Waals surface area contributed by atoms with Gasteiger partial charge in [-0.15, -0.1) is 0 Å². The van der Waals surface area contributed by atoms with Crippen molar-refractivity contribution in [3.05, 3.63) is 48.6 Å². The predicted molar refractivity (Wildman–Crippen MR) is 333 cm³/mol. The Balaban J connectivity index is 3.44. The second-order valence-electron chi connectivity index (χ2n) is 23.1. The highest BCUT2D eigenvalue weighted by Gasteiger charge is 2.20. The minimum Gasteiger partial charge on any atom is -0.466 e. The van der Waals surface area contributed by atoms with Crippen LogP contribution in [0, 0.1) is 0 Å². The molecule has 0 aliphatic heterocycles. The molecule has 446 valence electrons. The van der Waals surface area contributed by atoms with Gasteiger partial charge in [-0.2, -0.15) is 0 Å². The van der Waals surface area contributed by atoms with Crippen LogP contribution in [0.15, 0.2) is 48.6 Å². The Morgan fingerprint density at radius 3 is 1.03 bits per heavy atom. The molecule has 6 nitrogen and oxygen atoms in total. The Hall–Kier alpha value is -2.18. The van der Waals surface area contributed by atoms with E-state index in [9.17, 15) is 19.8 Å². The van der Waals surface area contributed by atoms with Crippen LogP contribution in [-0.4, -0.2) is 47.4 Å². The second kappa shape index (κ2) is 65.3. The van der Waals surface area contributed by atoms with E-state index < -0.39 is 12.1 Å². The summed E-state index contributed by atoms with van der Waals surface area (Å²) in [7, 11) is 0. The van der Waals surface area contributed by atoms with Gasteiger partial charge in [0, 0.05) is 12.8 Å². The largest absolute Gasteiger partial charge is 0.466 e. The topological polar surface area (TPSA) is 95.9 Å². The maximum atomic E-state index is 12.5. The second-order valence-corrected chi connectivity index (χ2v) is 23.1. The van der Waals surface area contributed by atoms with Gasteiger partial charge in [-0.3, -0.25) is 9.59 Å². The molecule has 0 saturated heterocycles. The lowest BCUT2D eigenvalue weighted by molar-refractivity contribution is -0.143. The summed E-state index contributed by atoms with van der Waals surface area (Å²) in [5, 5.41) is 23.4. The summed E-state index contributed by atoms with van der Waals surface area (Å²) < 4.78 is 5.48. The van der Waals surface area contributed by atoms with Gasteiger partial charge in [0.15, 0.2) is 0 Å². The van der Waals surface area contributed by atoms with Gasteiger partial charge in [-0.05, 0) is 89.9 Å². The smallest absolute Gasteiger partial charge is 0.305 e. The molecule has 0 aromatic carbocycles. The lowest BCUT2D eigenvalue weighted by Crippen LogP contribution is -2.45. The highest BCUT2D eigenvalue weighted by molar-refractivity contribution is 5.76. The molecule has 2 unspecified atom stereocenters. The molecule has 6 heteroatoms. The number of ether oxygens (including phenoxy) is 1. The maximum absolute atomic E-state index is 12.5. The minimum atomic E-state index is -0.670. The lowest BCUT2D eigenvalue weighted by Gasteiger charge is -2.22. The van der Waals surface area contributed by atoms with Crippen LogP contribution in [0.4, 0.5) is 0 Å². The van der Waals surface area contributed by atoms with Crippen molar-refractivity contribution in [2.45, 2.75) is 373 Å². The van der Waals surface area contributed by atoms with Crippen molar-refractivity contribution in [2.75, 3.05) is 13.2 Å². The maximum Gasteiger partial charge on any atom is 0.305 e. The first-order chi connectivity index (χ1) is 37.5. The SMILES string of the molecule is CCCCC/C=C\C/C=C\CCCCCCCC(=O)OCCCCCCCCCCC/C=C\C/C=C\CCCCCCCCCCCC(=O)NC(CO)C(O)CCCCCCCCCCCCCCCCCCCCC. The summed E-state index contributed by atoms with van der Waals surface area (Å²) in [4.78, 5) is 24.6. The molecule has 0 bridgehead atoms. The Labute approximate surface area is 474 Å². The van der Waals surface area contributed by atoms with Gasteiger partial charge in [0.05, 0.1) is 25.4 Å². The first kappa shape index (κ1) is 73.8. The molecule has 0 aliphatic rings. The van der Waals surface area contributed by atoms with Gasteiger partial charge in [0.1, 0.15) is 0 Å². The Bertz CT molecular complexity index is 1270. The summed E-state index contributed by atoms with van der Waals surface area (Å²) in [5.41, 5.74) is 0. The number of aliphatic hydroxyl groups excluding tert-OH is 2. The molecule has 0 aromatic heterocycles. The molecule has 1 amide bonds. The molecular weight excluding hydrogens is 935 g/mol. The molecule has 76 heavy (non-hydrogen) atoms. The third-order valence-electron chi connectivity index (χ3n) is 15.6. The van der Waals surface area contributed by atoms with Crippen molar-refractivity contribution in [2.24, 2.45) is 0 Å². The van der Waals surface area contributed by atoms with Gasteiger partial charge in [-0.25, -0.2) is 0 Å². The fourth-order valence-electron chi connectivity index (χ4n) is 10.4. The van der Waals surface area contributed by atoms with Crippen molar-refractivity contribution in [3.8, 4) is 0 Å². The summed E-state index contributed by atoms with van der Waals surface area (Å²) in [6, 6.07) is -0.548. The predicted octanol–water partition coefficient (Wildman–Crippen LogP) is 21.7. The number of carbonyl (C=O) groups excluding carboxylic acids is 2. The van der Waals surface area contributed by atoms with E-state index in [-0.39, 0.29) is 18.5 Å². The van der Waals surface area contributed by atoms with E-state index in [1.165, 1.54) is 270 Å². The van der Waals surface area contributed by atoms with Gasteiger partial charge < -0.3 is 20.3 Å². The van der Waals surface area contributed by atoms with Crippen molar-refractivity contribution in [1.29, 1.82) is 0 Å². The Morgan fingerprint density at radius 1 is 0.368 bits per heavy atom. The molecule has 2 atom stereocenters. The number of hydrogen-bond donors (Lipinski definition) is 3. The van der Waals surface area contributed by atoms with Crippen molar-refractivity contribution < 1.29 is 24.5 Å². The Morgan fingerprint density at radius 2 is 0.658 bits per heavy atom. The van der Waals surface area contributed by atoms with E-state index in [0.717, 1.165) is 57.8 Å². The molecule has 0 spiro atoms. The molecule has 0 aliphatic carbocycles. The zero-order chi connectivity index (χ0) is 55.0. The number of hydrogen-bond acceptors (Lipinski definition) is 5. The van der Waals surface area contributed by atoms with Gasteiger partial charge in [0.25, 0.3) is 0 Å². The number of carbonyl (C=O) groups is 2. The normalized spacial score (nSPS) is 12.8. The average molecular weight is 1070 g/mol. The first-order valence-corrected chi connectivity index (χ1v) is 33.9. The highest BCUT2D eigenvalue weighted by atomic mass is 16.5. The summed E-state index contributed by atoms with van der Waals surface area (Å²) >= 11 is 0. The average Bonchev–Trinajstić information content (AvgIpc) is 3.42. The molecule has 0 fully saturated rings. The lowest BCUT2D eigenvalue weighted by atomic mass is 10.0. The van der Waals surface area contributed by atoms with Crippen molar-refractivity contribution >= 4 is 11.9 Å². The van der Waals surface area contributed by atoms with Gasteiger partial charge >= 0.3 is 5.97 Å².